The van der Waals surface area contributed by atoms with Crippen LogP contribution in [0.3, 0.4) is 0 Å². The zero-order valence-corrected chi connectivity index (χ0v) is 11.9. The lowest BCUT2D eigenvalue weighted by atomic mass is 9.80. The number of ketones is 1. The Bertz CT molecular complexity index is 627. The molecule has 110 valence electrons. The number of hydrogen-bond donors (Lipinski definition) is 0. The van der Waals surface area contributed by atoms with Crippen molar-refractivity contribution in [1.29, 1.82) is 0 Å². The van der Waals surface area contributed by atoms with Gasteiger partial charge in [0.1, 0.15) is 12.1 Å². The second-order valence-electron chi connectivity index (χ2n) is 6.05. The molecule has 3 aliphatic heterocycles. The Balaban J connectivity index is 1.79. The molecule has 0 saturated carbocycles. The van der Waals surface area contributed by atoms with E-state index in [0.717, 1.165) is 30.9 Å². The summed E-state index contributed by atoms with van der Waals surface area (Å²) in [7, 11) is 0. The van der Waals surface area contributed by atoms with Crippen LogP contribution in [0.5, 0.6) is 11.5 Å². The first-order valence-electron chi connectivity index (χ1n) is 7.29. The minimum atomic E-state index is -0.100. The van der Waals surface area contributed by atoms with Gasteiger partial charge >= 0.3 is 0 Å². The van der Waals surface area contributed by atoms with E-state index in [4.69, 9.17) is 9.47 Å². The van der Waals surface area contributed by atoms with Crippen LogP contribution < -0.4 is 9.47 Å². The molecular weight excluding hydrogens is 270 g/mol. The third kappa shape index (κ3) is 1.80. The molecule has 0 amide bonds. The predicted octanol–water partition coefficient (Wildman–Crippen LogP) is 1.49. The third-order valence-electron chi connectivity index (χ3n) is 4.96. The van der Waals surface area contributed by atoms with Gasteiger partial charge in [0.25, 0.3) is 0 Å². The van der Waals surface area contributed by atoms with Crippen LogP contribution in [0.25, 0.3) is 0 Å². The minimum absolute atomic E-state index is 0.0223. The summed E-state index contributed by atoms with van der Waals surface area (Å²) in [5, 5.41) is 0. The predicted molar refractivity (Wildman–Crippen MR) is 74.4 cm³/mol. The molecule has 1 saturated heterocycles. The van der Waals surface area contributed by atoms with Crippen molar-refractivity contribution in [1.82, 2.24) is 4.90 Å². The van der Waals surface area contributed by atoms with E-state index in [1.54, 1.807) is 6.92 Å². The topological polar surface area (TPSA) is 55.8 Å². The largest absolute Gasteiger partial charge is 0.454 e. The van der Waals surface area contributed by atoms with Crippen LogP contribution in [0, 0.1) is 5.92 Å². The Morgan fingerprint density at radius 1 is 1.38 bits per heavy atom. The van der Waals surface area contributed by atoms with Crippen LogP contribution in [0.4, 0.5) is 0 Å². The minimum Gasteiger partial charge on any atom is -0.454 e. The van der Waals surface area contributed by atoms with Gasteiger partial charge in [0.2, 0.25) is 6.79 Å². The number of aldehydes is 1. The fraction of sp³-hybridized carbons (Fsp3) is 0.500. The molecule has 3 aliphatic rings. The van der Waals surface area contributed by atoms with Gasteiger partial charge in [-0.05, 0) is 30.2 Å². The highest BCUT2D eigenvalue weighted by molar-refractivity contribution is 5.81. The van der Waals surface area contributed by atoms with Crippen LogP contribution in [-0.4, -0.2) is 36.3 Å². The highest BCUT2D eigenvalue weighted by Crippen LogP contribution is 2.48. The van der Waals surface area contributed by atoms with Crippen molar-refractivity contribution < 1.29 is 19.1 Å². The maximum Gasteiger partial charge on any atom is 0.231 e. The lowest BCUT2D eigenvalue weighted by molar-refractivity contribution is -0.122. The lowest BCUT2D eigenvalue weighted by Gasteiger charge is -2.27. The second kappa shape index (κ2) is 4.56. The van der Waals surface area contributed by atoms with Crippen molar-refractivity contribution in [3.8, 4) is 11.5 Å². The number of nitrogens with zero attached hydrogens (tertiary/aromatic N) is 1. The third-order valence-corrected chi connectivity index (χ3v) is 4.96. The number of benzene rings is 1. The molecule has 5 heteroatoms. The molecule has 1 fully saturated rings. The number of rotatable bonds is 3. The van der Waals surface area contributed by atoms with Gasteiger partial charge in [-0.3, -0.25) is 9.69 Å². The summed E-state index contributed by atoms with van der Waals surface area (Å²) in [4.78, 5) is 25.4. The van der Waals surface area contributed by atoms with Gasteiger partial charge < -0.3 is 14.3 Å². The highest BCUT2D eigenvalue weighted by Gasteiger charge is 2.48. The van der Waals surface area contributed by atoms with E-state index >= 15 is 0 Å². The van der Waals surface area contributed by atoms with Crippen LogP contribution in [0.15, 0.2) is 12.1 Å². The Morgan fingerprint density at radius 2 is 2.14 bits per heavy atom. The molecule has 0 radical (unpaired) electrons. The van der Waals surface area contributed by atoms with Crippen molar-refractivity contribution in [2.75, 3.05) is 13.3 Å². The molecule has 3 heterocycles. The van der Waals surface area contributed by atoms with Gasteiger partial charge in [0, 0.05) is 37.4 Å². The zero-order valence-electron chi connectivity index (χ0n) is 11.9. The van der Waals surface area contributed by atoms with E-state index in [9.17, 15) is 9.59 Å². The average molecular weight is 287 g/mol. The molecule has 2 bridgehead atoms. The number of ether oxygens (including phenoxy) is 2. The van der Waals surface area contributed by atoms with E-state index in [-0.39, 0.29) is 30.5 Å². The number of carbonyl (C=O) groups excluding carboxylic acids is 2. The van der Waals surface area contributed by atoms with Gasteiger partial charge in [-0.1, -0.05) is 0 Å². The van der Waals surface area contributed by atoms with Crippen LogP contribution >= 0.6 is 0 Å². The van der Waals surface area contributed by atoms with E-state index in [1.165, 1.54) is 11.1 Å². The Labute approximate surface area is 122 Å². The van der Waals surface area contributed by atoms with Crippen LogP contribution in [0.1, 0.15) is 30.4 Å². The molecule has 0 aromatic heterocycles. The zero-order chi connectivity index (χ0) is 14.6. The van der Waals surface area contributed by atoms with Crippen molar-refractivity contribution in [2.45, 2.75) is 31.8 Å². The number of Topliss-reactive ketones (excluding diaryl/α,β-unsaturated/α-hetero) is 1. The molecule has 4 rings (SSSR count). The van der Waals surface area contributed by atoms with Crippen LogP contribution in [-0.2, 0) is 16.1 Å². The second-order valence-corrected chi connectivity index (χ2v) is 6.05. The SMILES string of the molecule is CC(=O)[C@@H]1[C@H]2CN(Cc3cc4c(cc32)OCO4)[C@H]1CC=O. The number of fused-ring (bicyclic) bond motifs is 5. The molecular formula is C16H17NO4. The molecule has 0 spiro atoms. The standard InChI is InChI=1S/C16H17NO4/c1-9(19)16-12-7-17(13(16)2-3-18)6-10-4-14-15(5-11(10)12)21-8-20-14/h3-5,12-13,16H,2,6-8H2,1H3/t12-,13-,16+/m0/s1. The summed E-state index contributed by atoms with van der Waals surface area (Å²) in [5.41, 5.74) is 2.37. The molecule has 1 aromatic carbocycles. The molecule has 4 atom stereocenters. The Morgan fingerprint density at radius 3 is 2.86 bits per heavy atom. The molecule has 0 N–H and O–H groups in total. The van der Waals surface area contributed by atoms with Crippen LogP contribution in [0.2, 0.25) is 0 Å². The summed E-state index contributed by atoms with van der Waals surface area (Å²) in [5.74, 6) is 1.77. The van der Waals surface area contributed by atoms with E-state index in [1.807, 2.05) is 12.1 Å². The maximum atomic E-state index is 12.1. The molecule has 0 aliphatic carbocycles. The Hall–Kier alpha value is -1.88. The maximum absolute atomic E-state index is 12.1. The monoisotopic (exact) mass is 287 g/mol. The average Bonchev–Trinajstić information content (AvgIpc) is 3.01. The first-order chi connectivity index (χ1) is 10.2. The quantitative estimate of drug-likeness (QED) is 0.788. The Kier molecular flexibility index (Phi) is 2.79. The van der Waals surface area contributed by atoms with E-state index in [2.05, 4.69) is 4.90 Å². The molecule has 21 heavy (non-hydrogen) atoms. The van der Waals surface area contributed by atoms with Gasteiger partial charge in [-0.15, -0.1) is 0 Å². The molecule has 1 unspecified atom stereocenters. The highest BCUT2D eigenvalue weighted by atomic mass is 16.7. The fourth-order valence-electron chi connectivity index (χ4n) is 4.12. The van der Waals surface area contributed by atoms with Gasteiger partial charge in [-0.2, -0.15) is 0 Å². The fourth-order valence-corrected chi connectivity index (χ4v) is 4.12. The number of carbonyl (C=O) groups is 2. The van der Waals surface area contributed by atoms with Crippen molar-refractivity contribution >= 4 is 12.1 Å². The van der Waals surface area contributed by atoms with Gasteiger partial charge in [-0.25, -0.2) is 0 Å². The van der Waals surface area contributed by atoms with Crippen molar-refractivity contribution in [2.24, 2.45) is 5.92 Å². The molecule has 5 nitrogen and oxygen atoms in total. The van der Waals surface area contributed by atoms with E-state index < -0.39 is 0 Å². The summed E-state index contributed by atoms with van der Waals surface area (Å²) in [6.45, 7) is 3.51. The lowest BCUT2D eigenvalue weighted by Crippen LogP contribution is -2.34. The number of hydrogen-bond acceptors (Lipinski definition) is 5. The normalized spacial score (nSPS) is 31.9. The first-order valence-corrected chi connectivity index (χ1v) is 7.29. The van der Waals surface area contributed by atoms with Crippen molar-refractivity contribution in [3.05, 3.63) is 23.3 Å². The first kappa shape index (κ1) is 12.8. The van der Waals surface area contributed by atoms with Gasteiger partial charge in [0.05, 0.1) is 0 Å². The summed E-state index contributed by atoms with van der Waals surface area (Å²) in [6.07, 6.45) is 1.35. The molecule has 1 aromatic rings. The summed E-state index contributed by atoms with van der Waals surface area (Å²) in [6, 6.07) is 4.07. The van der Waals surface area contributed by atoms with Gasteiger partial charge in [0.15, 0.2) is 11.5 Å². The van der Waals surface area contributed by atoms with E-state index in [0.29, 0.717) is 6.42 Å². The van der Waals surface area contributed by atoms with Crippen molar-refractivity contribution in [3.63, 3.8) is 0 Å². The summed E-state index contributed by atoms with van der Waals surface area (Å²) < 4.78 is 10.9. The summed E-state index contributed by atoms with van der Waals surface area (Å²) >= 11 is 0. The smallest absolute Gasteiger partial charge is 0.231 e.